The van der Waals surface area contributed by atoms with E-state index < -0.39 is 0 Å². The zero-order valence-corrected chi connectivity index (χ0v) is 12.0. The van der Waals surface area contributed by atoms with Gasteiger partial charge in [0.2, 0.25) is 5.91 Å². The highest BCUT2D eigenvalue weighted by atomic mass is 35.5. The topological polar surface area (TPSA) is 55.1 Å². The van der Waals surface area contributed by atoms with Gasteiger partial charge in [0, 0.05) is 29.4 Å². The van der Waals surface area contributed by atoms with Crippen LogP contribution in [-0.2, 0) is 10.2 Å². The fourth-order valence-corrected chi connectivity index (χ4v) is 2.36. The van der Waals surface area contributed by atoms with Gasteiger partial charge in [-0.3, -0.25) is 4.79 Å². The molecule has 3 nitrogen and oxygen atoms in total. The number of hydrogen-bond donors (Lipinski definition) is 2. The number of hydrogen-bond acceptors (Lipinski definition) is 2. The molecule has 0 aromatic heterocycles. The molecule has 0 radical (unpaired) electrons. The Morgan fingerprint density at radius 3 is 2.58 bits per heavy atom. The molecule has 0 spiro atoms. The van der Waals surface area contributed by atoms with E-state index >= 15 is 0 Å². The molecule has 1 aliphatic carbocycles. The Labute approximate surface area is 119 Å². The van der Waals surface area contributed by atoms with Crippen LogP contribution in [0.1, 0.15) is 38.2 Å². The Morgan fingerprint density at radius 2 is 2.05 bits per heavy atom. The van der Waals surface area contributed by atoms with Crippen molar-refractivity contribution >= 4 is 17.5 Å². The van der Waals surface area contributed by atoms with Crippen molar-refractivity contribution in [2.24, 2.45) is 5.73 Å². The molecule has 1 aromatic carbocycles. The molecule has 0 bridgehead atoms. The molecule has 1 saturated carbocycles. The first-order valence-electron chi connectivity index (χ1n) is 6.80. The Kier molecular flexibility index (Phi) is 4.48. The molecule has 1 fully saturated rings. The summed E-state index contributed by atoms with van der Waals surface area (Å²) in [6.45, 7) is 2.63. The monoisotopic (exact) mass is 280 g/mol. The molecule has 3 N–H and O–H groups in total. The average molecular weight is 281 g/mol. The number of carbonyl (C=O) groups excluding carboxylic acids is 1. The van der Waals surface area contributed by atoms with Crippen LogP contribution in [0.25, 0.3) is 0 Å². The summed E-state index contributed by atoms with van der Waals surface area (Å²) in [6.07, 6.45) is 3.50. The van der Waals surface area contributed by atoms with E-state index in [0.717, 1.165) is 24.3 Å². The molecule has 1 atom stereocenters. The summed E-state index contributed by atoms with van der Waals surface area (Å²) in [5.74, 6) is 0.0949. The van der Waals surface area contributed by atoms with Crippen molar-refractivity contribution in [1.29, 1.82) is 0 Å². The Morgan fingerprint density at radius 1 is 1.42 bits per heavy atom. The average Bonchev–Trinajstić information content (AvgIpc) is 3.16. The van der Waals surface area contributed by atoms with E-state index in [1.807, 2.05) is 19.1 Å². The van der Waals surface area contributed by atoms with E-state index in [9.17, 15) is 4.79 Å². The maximum Gasteiger partial charge on any atom is 0.220 e. The molecule has 2 rings (SSSR count). The van der Waals surface area contributed by atoms with Gasteiger partial charge in [0.25, 0.3) is 0 Å². The molecule has 0 saturated heterocycles. The highest BCUT2D eigenvalue weighted by Crippen LogP contribution is 2.47. The predicted molar refractivity (Wildman–Crippen MR) is 78.3 cm³/mol. The number of rotatable bonds is 6. The largest absolute Gasteiger partial charge is 0.355 e. The second kappa shape index (κ2) is 5.93. The van der Waals surface area contributed by atoms with E-state index in [4.69, 9.17) is 17.3 Å². The van der Waals surface area contributed by atoms with Crippen LogP contribution in [0.4, 0.5) is 0 Å². The van der Waals surface area contributed by atoms with E-state index in [1.54, 1.807) is 0 Å². The molecular weight excluding hydrogens is 260 g/mol. The van der Waals surface area contributed by atoms with Gasteiger partial charge in [-0.25, -0.2) is 0 Å². The molecule has 0 aliphatic heterocycles. The maximum atomic E-state index is 11.7. The van der Waals surface area contributed by atoms with E-state index in [2.05, 4.69) is 17.4 Å². The minimum absolute atomic E-state index is 0.0805. The SMILES string of the molecule is CC(N)CCC(=O)NCC1(c2ccc(Cl)cc2)CC1. The third-order valence-corrected chi connectivity index (χ3v) is 4.01. The molecule has 19 heavy (non-hydrogen) atoms. The first-order valence-corrected chi connectivity index (χ1v) is 7.18. The fourth-order valence-electron chi connectivity index (χ4n) is 2.24. The Balaban J connectivity index is 1.85. The van der Waals surface area contributed by atoms with Gasteiger partial charge in [0.05, 0.1) is 0 Å². The zero-order chi connectivity index (χ0) is 13.9. The minimum atomic E-state index is 0.0805. The summed E-state index contributed by atoms with van der Waals surface area (Å²) in [7, 11) is 0. The van der Waals surface area contributed by atoms with Crippen molar-refractivity contribution in [3.63, 3.8) is 0 Å². The Hall–Kier alpha value is -1.06. The summed E-state index contributed by atoms with van der Waals surface area (Å²) in [4.78, 5) is 11.7. The highest BCUT2D eigenvalue weighted by molar-refractivity contribution is 6.30. The lowest BCUT2D eigenvalue weighted by Gasteiger charge is -2.17. The van der Waals surface area contributed by atoms with Crippen LogP contribution < -0.4 is 11.1 Å². The molecule has 104 valence electrons. The van der Waals surface area contributed by atoms with Gasteiger partial charge in [0.15, 0.2) is 0 Å². The normalized spacial score (nSPS) is 17.8. The smallest absolute Gasteiger partial charge is 0.220 e. The lowest BCUT2D eigenvalue weighted by molar-refractivity contribution is -0.121. The number of amides is 1. The van der Waals surface area contributed by atoms with E-state index in [0.29, 0.717) is 13.0 Å². The second-order valence-corrected chi connectivity index (χ2v) is 6.02. The molecule has 1 aromatic rings. The van der Waals surface area contributed by atoms with Crippen molar-refractivity contribution < 1.29 is 4.79 Å². The summed E-state index contributed by atoms with van der Waals surface area (Å²) < 4.78 is 0. The van der Waals surface area contributed by atoms with Crippen LogP contribution in [0.5, 0.6) is 0 Å². The summed E-state index contributed by atoms with van der Waals surface area (Å²) in [6, 6.07) is 8.02. The van der Waals surface area contributed by atoms with Crippen molar-refractivity contribution in [3.05, 3.63) is 34.9 Å². The highest BCUT2D eigenvalue weighted by Gasteiger charge is 2.44. The van der Waals surface area contributed by atoms with Gasteiger partial charge >= 0.3 is 0 Å². The Bertz CT molecular complexity index is 438. The van der Waals surface area contributed by atoms with Crippen LogP contribution in [0.3, 0.4) is 0 Å². The van der Waals surface area contributed by atoms with E-state index in [-0.39, 0.29) is 17.4 Å². The van der Waals surface area contributed by atoms with Crippen LogP contribution in [0.15, 0.2) is 24.3 Å². The second-order valence-electron chi connectivity index (χ2n) is 5.58. The van der Waals surface area contributed by atoms with Crippen molar-refractivity contribution in [1.82, 2.24) is 5.32 Å². The van der Waals surface area contributed by atoms with Gasteiger partial charge in [-0.2, -0.15) is 0 Å². The molecule has 1 aliphatic rings. The minimum Gasteiger partial charge on any atom is -0.355 e. The number of nitrogens with two attached hydrogens (primary N) is 1. The summed E-state index contributed by atoms with van der Waals surface area (Å²) >= 11 is 5.90. The molecular formula is C15H21ClN2O. The van der Waals surface area contributed by atoms with Gasteiger partial charge in [0.1, 0.15) is 0 Å². The fraction of sp³-hybridized carbons (Fsp3) is 0.533. The number of halogens is 1. The molecule has 1 unspecified atom stereocenters. The molecule has 4 heteroatoms. The predicted octanol–water partition coefficient (Wildman–Crippen LogP) is 2.62. The maximum absolute atomic E-state index is 11.7. The lowest BCUT2D eigenvalue weighted by atomic mass is 9.96. The van der Waals surface area contributed by atoms with Crippen LogP contribution in [0, 0.1) is 0 Å². The number of carbonyl (C=O) groups is 1. The van der Waals surface area contributed by atoms with Gasteiger partial charge in [-0.05, 0) is 43.9 Å². The first-order chi connectivity index (χ1) is 9.02. The van der Waals surface area contributed by atoms with Crippen LogP contribution in [0.2, 0.25) is 5.02 Å². The van der Waals surface area contributed by atoms with Gasteiger partial charge in [-0.1, -0.05) is 23.7 Å². The van der Waals surface area contributed by atoms with Gasteiger partial charge < -0.3 is 11.1 Å². The van der Waals surface area contributed by atoms with E-state index in [1.165, 1.54) is 5.56 Å². The number of nitrogens with one attached hydrogen (secondary N) is 1. The molecule has 1 amide bonds. The van der Waals surface area contributed by atoms with Crippen LogP contribution in [-0.4, -0.2) is 18.5 Å². The number of benzene rings is 1. The van der Waals surface area contributed by atoms with Gasteiger partial charge in [-0.15, -0.1) is 0 Å². The standard InChI is InChI=1S/C15H21ClN2O/c1-11(17)2-7-14(19)18-10-15(8-9-15)12-3-5-13(16)6-4-12/h3-6,11H,2,7-10,17H2,1H3,(H,18,19). The van der Waals surface area contributed by atoms with Crippen molar-refractivity contribution in [2.45, 2.75) is 44.1 Å². The molecule has 0 heterocycles. The summed E-state index contributed by atoms with van der Waals surface area (Å²) in [5, 5.41) is 3.78. The quantitative estimate of drug-likeness (QED) is 0.842. The third-order valence-electron chi connectivity index (χ3n) is 3.76. The zero-order valence-electron chi connectivity index (χ0n) is 11.3. The first kappa shape index (κ1) is 14.4. The third kappa shape index (κ3) is 3.95. The lowest BCUT2D eigenvalue weighted by Crippen LogP contribution is -2.33. The summed E-state index contributed by atoms with van der Waals surface area (Å²) in [5.41, 5.74) is 7.05. The van der Waals surface area contributed by atoms with Crippen LogP contribution >= 0.6 is 11.6 Å². The van der Waals surface area contributed by atoms with Crippen molar-refractivity contribution in [3.8, 4) is 0 Å². The van der Waals surface area contributed by atoms with Crippen molar-refractivity contribution in [2.75, 3.05) is 6.54 Å².